The molecule has 23 N–H and O–H groups in total. The van der Waals surface area contributed by atoms with E-state index in [-0.39, 0.29) is 70.1 Å². The third kappa shape index (κ3) is 21.1. The van der Waals surface area contributed by atoms with Gasteiger partial charge >= 0.3 is 5.97 Å². The lowest BCUT2D eigenvalue weighted by atomic mass is 10.0. The fourth-order valence-corrected chi connectivity index (χ4v) is 7.19. The number of H-pyrrole nitrogens is 1. The quantitative estimate of drug-likeness (QED) is 0.0187. The van der Waals surface area contributed by atoms with Crippen LogP contribution < -0.4 is 72.0 Å². The zero-order valence-corrected chi connectivity index (χ0v) is 39.9. The smallest absolute Gasteiger partial charge is 0.326 e. The average Bonchev–Trinajstić information content (AvgIpc) is 3.70. The zero-order chi connectivity index (χ0) is 51.6. The van der Waals surface area contributed by atoms with Gasteiger partial charge in [-0.05, 0) is 102 Å². The summed E-state index contributed by atoms with van der Waals surface area (Å²) in [4.78, 5) is 106. The average molecular weight is 973 g/mol. The lowest BCUT2D eigenvalue weighted by molar-refractivity contribution is -0.143. The molecule has 8 atom stereocenters. The molecule has 25 nitrogen and oxygen atoms in total. The van der Waals surface area contributed by atoms with Crippen LogP contribution in [0.15, 0.2) is 40.4 Å². The van der Waals surface area contributed by atoms with Crippen LogP contribution in [0.4, 0.5) is 0 Å². The van der Waals surface area contributed by atoms with Crippen molar-refractivity contribution < 1.29 is 43.8 Å². The van der Waals surface area contributed by atoms with Crippen molar-refractivity contribution in [3.8, 4) is 0 Å². The van der Waals surface area contributed by atoms with E-state index < -0.39 is 95.7 Å². The Bertz CT molecular complexity index is 2040. The molecule has 0 fully saturated rings. The number of aliphatic hydroxyl groups excluding tert-OH is 1. The largest absolute Gasteiger partial charge is 0.480 e. The van der Waals surface area contributed by atoms with E-state index in [9.17, 15) is 43.8 Å². The van der Waals surface area contributed by atoms with Crippen LogP contribution in [0.1, 0.15) is 90.5 Å². The van der Waals surface area contributed by atoms with Gasteiger partial charge in [-0.3, -0.25) is 38.8 Å². The van der Waals surface area contributed by atoms with E-state index in [4.69, 9.17) is 40.1 Å². The van der Waals surface area contributed by atoms with Crippen LogP contribution in [-0.4, -0.2) is 143 Å². The Kier molecular flexibility index (Phi) is 26.1. The van der Waals surface area contributed by atoms with Crippen LogP contribution in [0.5, 0.6) is 0 Å². The van der Waals surface area contributed by atoms with E-state index in [0.29, 0.717) is 44.2 Å². The molecular weight excluding hydrogens is 897 g/mol. The number of aliphatic hydroxyl groups is 1. The molecule has 25 heteroatoms. The highest BCUT2D eigenvalue weighted by molar-refractivity contribution is 5.97. The topological polar surface area (TPSA) is 455 Å². The molecule has 0 aliphatic carbocycles. The highest BCUT2D eigenvalue weighted by Crippen LogP contribution is 2.20. The van der Waals surface area contributed by atoms with Gasteiger partial charge in [0.15, 0.2) is 11.9 Å². The molecule has 0 saturated heterocycles. The number of aromatic amines is 1. The van der Waals surface area contributed by atoms with Crippen molar-refractivity contribution in [3.05, 3.63) is 36.0 Å². The first-order chi connectivity index (χ1) is 32.7. The molecule has 386 valence electrons. The molecule has 0 unspecified atom stereocenters. The van der Waals surface area contributed by atoms with E-state index in [1.807, 2.05) is 12.1 Å². The third-order valence-electron chi connectivity index (χ3n) is 11.1. The van der Waals surface area contributed by atoms with Crippen molar-refractivity contribution >= 4 is 64.2 Å². The molecule has 2 rings (SSSR count). The molecule has 1 heterocycles. The number of fused-ring (bicyclic) bond motifs is 1. The lowest BCUT2D eigenvalue weighted by Crippen LogP contribution is -2.62. The van der Waals surface area contributed by atoms with E-state index in [0.717, 1.165) is 10.9 Å². The van der Waals surface area contributed by atoms with Crippen LogP contribution in [0.3, 0.4) is 0 Å². The third-order valence-corrected chi connectivity index (χ3v) is 11.1. The number of benzene rings is 1. The molecule has 0 aliphatic heterocycles. The van der Waals surface area contributed by atoms with E-state index in [2.05, 4.69) is 46.9 Å². The molecule has 69 heavy (non-hydrogen) atoms. The number of hydrogen-bond acceptors (Lipinski definition) is 13. The number of guanidine groups is 2. The number of aliphatic imine (C=N–C) groups is 2. The number of amides is 6. The number of para-hydroxylation sites is 1. The van der Waals surface area contributed by atoms with Crippen molar-refractivity contribution in [2.75, 3.05) is 26.2 Å². The number of nitrogens with two attached hydrogens (primary N) is 7. The van der Waals surface area contributed by atoms with Gasteiger partial charge in [-0.2, -0.15) is 0 Å². The van der Waals surface area contributed by atoms with Crippen molar-refractivity contribution in [1.29, 1.82) is 0 Å². The van der Waals surface area contributed by atoms with Crippen LogP contribution in [-0.2, 0) is 40.0 Å². The van der Waals surface area contributed by atoms with Crippen LogP contribution in [0, 0.1) is 5.92 Å². The second kappa shape index (κ2) is 30.7. The minimum atomic E-state index is -1.68. The second-order valence-electron chi connectivity index (χ2n) is 17.2. The van der Waals surface area contributed by atoms with Gasteiger partial charge in [0, 0.05) is 36.6 Å². The summed E-state index contributed by atoms with van der Waals surface area (Å²) in [5, 5.41) is 37.1. The second-order valence-corrected chi connectivity index (χ2v) is 17.2. The maximum Gasteiger partial charge on any atom is 0.326 e. The molecule has 1 aromatic carbocycles. The number of carbonyl (C=O) groups is 7. The van der Waals surface area contributed by atoms with E-state index in [1.165, 1.54) is 6.92 Å². The lowest BCUT2D eigenvalue weighted by Gasteiger charge is -2.28. The monoisotopic (exact) mass is 973 g/mol. The van der Waals surface area contributed by atoms with Crippen molar-refractivity contribution in [2.24, 2.45) is 56.0 Å². The Morgan fingerprint density at radius 3 is 1.54 bits per heavy atom. The first-order valence-electron chi connectivity index (χ1n) is 23.2. The minimum absolute atomic E-state index is 0.0180. The predicted octanol–water partition coefficient (Wildman–Crippen LogP) is -3.57. The number of aromatic nitrogens is 1. The summed E-state index contributed by atoms with van der Waals surface area (Å²) < 4.78 is 0. The number of aliphatic carboxylic acids is 1. The Morgan fingerprint density at radius 1 is 0.594 bits per heavy atom. The summed E-state index contributed by atoms with van der Waals surface area (Å²) in [6, 6.07) is -1.96. The number of carbonyl (C=O) groups excluding carboxylic acids is 6. The van der Waals surface area contributed by atoms with E-state index >= 15 is 0 Å². The van der Waals surface area contributed by atoms with Crippen LogP contribution in [0.2, 0.25) is 0 Å². The van der Waals surface area contributed by atoms with Gasteiger partial charge in [-0.25, -0.2) is 4.79 Å². The van der Waals surface area contributed by atoms with Crippen molar-refractivity contribution in [2.45, 2.75) is 140 Å². The maximum absolute atomic E-state index is 14.5. The molecule has 1 aromatic heterocycles. The van der Waals surface area contributed by atoms with Gasteiger partial charge in [0.2, 0.25) is 35.4 Å². The molecule has 0 saturated carbocycles. The number of carboxylic acids is 1. The van der Waals surface area contributed by atoms with Crippen LogP contribution >= 0.6 is 0 Å². The summed E-state index contributed by atoms with van der Waals surface area (Å²) in [5.74, 6) is -6.91. The molecule has 0 bridgehead atoms. The molecule has 0 aliphatic rings. The highest BCUT2D eigenvalue weighted by atomic mass is 16.4. The molecule has 6 amide bonds. The normalized spacial score (nSPS) is 14.7. The van der Waals surface area contributed by atoms with Crippen LogP contribution in [0.25, 0.3) is 10.9 Å². The van der Waals surface area contributed by atoms with Gasteiger partial charge in [0.25, 0.3) is 0 Å². The Hall–Kier alpha value is -6.57. The predicted molar refractivity (Wildman–Crippen MR) is 261 cm³/mol. The summed E-state index contributed by atoms with van der Waals surface area (Å²) in [6.45, 7) is 5.39. The zero-order valence-electron chi connectivity index (χ0n) is 39.9. The van der Waals surface area contributed by atoms with Crippen molar-refractivity contribution in [1.82, 2.24) is 36.9 Å². The standard InChI is InChI=1S/C44H76N16O9/c1-24(2)34(42(68)69)59-38(64)31(16-7-9-19-46)56-37(63)30(15-6-8-18-45)57-40(66)33(22-26-23-54-29-14-5-4-12-27(26)29)58-41(67)35(25(3)61)60-39(65)32(17-11-21-53-44(50)51)55-36(62)28(47)13-10-20-52-43(48)49/h4-5,12,14,23-25,28,30-35,54,61H,6-11,13,15-22,45-47H2,1-3H3,(H,55,62)(H,56,63)(H,57,66)(H,58,67)(H,59,64)(H,60,65)(H,68,69)(H4,48,49,52)(H4,50,51,53)/t25-,28+,30+,31+,32+,33+,34+,35+/m1/s1. The summed E-state index contributed by atoms with van der Waals surface area (Å²) in [6.07, 6.45) is 2.62. The summed E-state index contributed by atoms with van der Waals surface area (Å²) >= 11 is 0. The van der Waals surface area contributed by atoms with Gasteiger partial charge in [0.05, 0.1) is 12.1 Å². The highest BCUT2D eigenvalue weighted by Gasteiger charge is 2.35. The fraction of sp³-hybridized carbons (Fsp3) is 0.614. The molecular formula is C44H76N16O9. The number of hydrogen-bond donors (Lipinski definition) is 16. The van der Waals surface area contributed by atoms with Gasteiger partial charge in [-0.15, -0.1) is 0 Å². The number of nitrogens with one attached hydrogen (secondary N) is 7. The fourth-order valence-electron chi connectivity index (χ4n) is 7.19. The van der Waals surface area contributed by atoms with E-state index in [1.54, 1.807) is 32.2 Å². The van der Waals surface area contributed by atoms with Gasteiger partial charge in [-0.1, -0.05) is 32.0 Å². The van der Waals surface area contributed by atoms with Gasteiger partial charge < -0.3 is 87.2 Å². The number of nitrogens with zero attached hydrogens (tertiary/aromatic N) is 2. The summed E-state index contributed by atoms with van der Waals surface area (Å²) in [7, 11) is 0. The number of rotatable bonds is 33. The Balaban J connectivity index is 2.49. The number of carboxylic acid groups (broad SMARTS) is 1. The maximum atomic E-state index is 14.5. The summed E-state index contributed by atoms with van der Waals surface area (Å²) in [5.41, 5.74) is 40.5. The molecule has 0 spiro atoms. The Morgan fingerprint density at radius 2 is 1.04 bits per heavy atom. The first-order valence-corrected chi connectivity index (χ1v) is 23.2. The molecule has 0 radical (unpaired) electrons. The Labute approximate surface area is 402 Å². The first kappa shape index (κ1) is 58.6. The SMILES string of the molecule is CC(C)[C@H](NC(=O)[C@H](CCCCN)NC(=O)[C@H](CCCCN)NC(=O)[C@H](Cc1c[nH]c2ccccc12)NC(=O)[C@@H](NC(=O)[C@H](CCCN=C(N)N)NC(=O)[C@@H](N)CCCN=C(N)N)[C@@H](C)O)C(=O)O. The van der Waals surface area contributed by atoms with Gasteiger partial charge in [0.1, 0.15) is 36.3 Å². The number of unbranched alkanes of at least 4 members (excludes halogenated alkanes) is 2. The van der Waals surface area contributed by atoms with Crippen molar-refractivity contribution in [3.63, 3.8) is 0 Å². The molecule has 2 aromatic rings. The minimum Gasteiger partial charge on any atom is -0.480 e.